The molecule has 1 fully saturated rings. The van der Waals surface area contributed by atoms with E-state index < -0.39 is 0 Å². The van der Waals surface area contributed by atoms with Gasteiger partial charge in [-0.1, -0.05) is 28.8 Å². The molecule has 1 amide bonds. The third kappa shape index (κ3) is 3.81. The molecule has 2 rings (SSSR count). The van der Waals surface area contributed by atoms with Gasteiger partial charge in [0.15, 0.2) is 0 Å². The summed E-state index contributed by atoms with van der Waals surface area (Å²) in [6.45, 7) is 0. The fourth-order valence-corrected chi connectivity index (χ4v) is 3.41. The highest BCUT2D eigenvalue weighted by molar-refractivity contribution is 9.11. The van der Waals surface area contributed by atoms with Crippen LogP contribution in [0.3, 0.4) is 0 Å². The van der Waals surface area contributed by atoms with E-state index in [9.17, 15) is 4.79 Å². The summed E-state index contributed by atoms with van der Waals surface area (Å²) in [6.07, 6.45) is 5.62. The number of rotatable bonds is 3. The first kappa shape index (κ1) is 13.1. The third-order valence-corrected chi connectivity index (χ3v) is 4.30. The summed E-state index contributed by atoms with van der Waals surface area (Å²) in [4.78, 5) is 11.9. The average Bonchev–Trinajstić information content (AvgIpc) is 2.75. The molecule has 1 aromatic rings. The smallest absolute Gasteiger partial charge is 0.224 e. The van der Waals surface area contributed by atoms with Gasteiger partial charge in [0, 0.05) is 15.4 Å². The summed E-state index contributed by atoms with van der Waals surface area (Å²) in [7, 11) is 0. The Bertz CT molecular complexity index is 414. The van der Waals surface area contributed by atoms with Gasteiger partial charge in [0.2, 0.25) is 5.91 Å². The van der Waals surface area contributed by atoms with Gasteiger partial charge in [-0.25, -0.2) is 0 Å². The Morgan fingerprint density at radius 1 is 1.29 bits per heavy atom. The molecular formula is C13H15Br2NO. The monoisotopic (exact) mass is 359 g/mol. The number of carbonyl (C=O) groups excluding carboxylic acids is 1. The summed E-state index contributed by atoms with van der Waals surface area (Å²) in [5.74, 6) is 0.712. The zero-order valence-corrected chi connectivity index (χ0v) is 12.7. The van der Waals surface area contributed by atoms with Crippen LogP contribution in [0.25, 0.3) is 0 Å². The second-order valence-corrected chi connectivity index (χ2v) is 6.30. The van der Waals surface area contributed by atoms with E-state index in [1.54, 1.807) is 0 Å². The molecule has 92 valence electrons. The Hall–Kier alpha value is -0.350. The van der Waals surface area contributed by atoms with E-state index in [2.05, 4.69) is 37.2 Å². The van der Waals surface area contributed by atoms with Crippen LogP contribution in [0, 0.1) is 5.92 Å². The highest BCUT2D eigenvalue weighted by atomic mass is 79.9. The molecule has 1 saturated carbocycles. The quantitative estimate of drug-likeness (QED) is 0.829. The minimum atomic E-state index is 0.125. The first-order chi connectivity index (χ1) is 8.15. The van der Waals surface area contributed by atoms with Crippen molar-refractivity contribution in [1.82, 2.24) is 0 Å². The van der Waals surface area contributed by atoms with Gasteiger partial charge in [-0.15, -0.1) is 0 Å². The lowest BCUT2D eigenvalue weighted by Crippen LogP contribution is -2.15. The Balaban J connectivity index is 1.93. The van der Waals surface area contributed by atoms with Crippen molar-refractivity contribution in [2.45, 2.75) is 32.1 Å². The van der Waals surface area contributed by atoms with Crippen molar-refractivity contribution in [2.24, 2.45) is 5.92 Å². The zero-order valence-electron chi connectivity index (χ0n) is 9.51. The highest BCUT2D eigenvalue weighted by Gasteiger charge is 2.18. The van der Waals surface area contributed by atoms with E-state index >= 15 is 0 Å². The van der Waals surface area contributed by atoms with E-state index in [1.165, 1.54) is 25.7 Å². The number of anilines is 1. The Morgan fingerprint density at radius 3 is 2.65 bits per heavy atom. The minimum absolute atomic E-state index is 0.125. The van der Waals surface area contributed by atoms with Gasteiger partial charge >= 0.3 is 0 Å². The lowest BCUT2D eigenvalue weighted by molar-refractivity contribution is -0.117. The molecule has 1 aliphatic rings. The lowest BCUT2D eigenvalue weighted by Gasteiger charge is -2.11. The van der Waals surface area contributed by atoms with Gasteiger partial charge in [0.25, 0.3) is 0 Å². The minimum Gasteiger partial charge on any atom is -0.325 e. The largest absolute Gasteiger partial charge is 0.325 e. The molecule has 0 unspecified atom stereocenters. The number of benzene rings is 1. The predicted octanol–water partition coefficient (Wildman–Crippen LogP) is 4.73. The van der Waals surface area contributed by atoms with E-state index in [0.29, 0.717) is 12.3 Å². The molecule has 0 saturated heterocycles. The van der Waals surface area contributed by atoms with E-state index in [0.717, 1.165) is 14.6 Å². The van der Waals surface area contributed by atoms with Crippen LogP contribution in [0.2, 0.25) is 0 Å². The number of carbonyl (C=O) groups is 1. The normalized spacial score (nSPS) is 16.1. The summed E-state index contributed by atoms with van der Waals surface area (Å²) in [5.41, 5.74) is 0.844. The maximum absolute atomic E-state index is 11.9. The first-order valence-corrected chi connectivity index (χ1v) is 7.48. The van der Waals surface area contributed by atoms with Crippen LogP contribution in [-0.2, 0) is 4.79 Å². The van der Waals surface area contributed by atoms with E-state index in [1.807, 2.05) is 18.2 Å². The number of amides is 1. The SMILES string of the molecule is O=C(CC1CCCC1)Nc1ccc(Br)cc1Br. The standard InChI is InChI=1S/C13H15Br2NO/c14-10-5-6-12(11(15)8-10)16-13(17)7-9-3-1-2-4-9/h5-6,8-9H,1-4,7H2,(H,16,17). The van der Waals surface area contributed by atoms with Gasteiger partial charge in [-0.05, 0) is 52.9 Å². The van der Waals surface area contributed by atoms with Crippen LogP contribution < -0.4 is 5.32 Å². The van der Waals surface area contributed by atoms with Crippen LogP contribution in [0.5, 0.6) is 0 Å². The molecule has 0 aliphatic heterocycles. The summed E-state index contributed by atoms with van der Waals surface area (Å²) >= 11 is 6.83. The molecular weight excluding hydrogens is 346 g/mol. The van der Waals surface area contributed by atoms with Crippen LogP contribution in [0.4, 0.5) is 5.69 Å². The molecule has 4 heteroatoms. The predicted molar refractivity (Wildman–Crippen MR) is 77.0 cm³/mol. The second-order valence-electron chi connectivity index (χ2n) is 4.53. The highest BCUT2D eigenvalue weighted by Crippen LogP contribution is 2.29. The topological polar surface area (TPSA) is 29.1 Å². The maximum atomic E-state index is 11.9. The van der Waals surface area contributed by atoms with Crippen molar-refractivity contribution in [3.63, 3.8) is 0 Å². The Labute approximate surface area is 118 Å². The second kappa shape index (κ2) is 6.01. The zero-order chi connectivity index (χ0) is 12.3. The van der Waals surface area contributed by atoms with Gasteiger partial charge in [0.05, 0.1) is 5.69 Å². The van der Waals surface area contributed by atoms with Crippen molar-refractivity contribution < 1.29 is 4.79 Å². The number of halogens is 2. The first-order valence-electron chi connectivity index (χ1n) is 5.90. The van der Waals surface area contributed by atoms with Gasteiger partial charge in [0.1, 0.15) is 0 Å². The van der Waals surface area contributed by atoms with Gasteiger partial charge in [-0.2, -0.15) is 0 Å². The Morgan fingerprint density at radius 2 is 2.00 bits per heavy atom. The Kier molecular flexibility index (Phi) is 4.62. The van der Waals surface area contributed by atoms with E-state index in [-0.39, 0.29) is 5.91 Å². The molecule has 0 heterocycles. The van der Waals surface area contributed by atoms with Crippen molar-refractivity contribution in [1.29, 1.82) is 0 Å². The maximum Gasteiger partial charge on any atom is 0.224 e. The van der Waals surface area contributed by atoms with Crippen molar-refractivity contribution in [3.8, 4) is 0 Å². The van der Waals surface area contributed by atoms with Gasteiger partial charge < -0.3 is 5.32 Å². The summed E-state index contributed by atoms with van der Waals surface area (Å²) < 4.78 is 1.91. The third-order valence-electron chi connectivity index (χ3n) is 3.15. The lowest BCUT2D eigenvalue weighted by atomic mass is 10.0. The molecule has 0 aromatic heterocycles. The molecule has 0 radical (unpaired) electrons. The molecule has 2 nitrogen and oxygen atoms in total. The van der Waals surface area contributed by atoms with E-state index in [4.69, 9.17) is 0 Å². The number of hydrogen-bond acceptors (Lipinski definition) is 1. The molecule has 0 spiro atoms. The molecule has 1 aliphatic carbocycles. The van der Waals surface area contributed by atoms with Crippen LogP contribution >= 0.6 is 31.9 Å². The molecule has 1 N–H and O–H groups in total. The molecule has 17 heavy (non-hydrogen) atoms. The van der Waals surface area contributed by atoms with Crippen molar-refractivity contribution in [3.05, 3.63) is 27.1 Å². The fourth-order valence-electron chi connectivity index (χ4n) is 2.27. The number of hydrogen-bond donors (Lipinski definition) is 1. The fraction of sp³-hybridized carbons (Fsp3) is 0.462. The summed E-state index contributed by atoms with van der Waals surface area (Å²) in [6, 6.07) is 5.77. The van der Waals surface area contributed by atoms with Crippen molar-refractivity contribution in [2.75, 3.05) is 5.32 Å². The van der Waals surface area contributed by atoms with Crippen LogP contribution in [-0.4, -0.2) is 5.91 Å². The van der Waals surface area contributed by atoms with Crippen LogP contribution in [0.15, 0.2) is 27.1 Å². The average molecular weight is 361 g/mol. The van der Waals surface area contributed by atoms with Crippen LogP contribution in [0.1, 0.15) is 32.1 Å². The summed E-state index contributed by atoms with van der Waals surface area (Å²) in [5, 5.41) is 2.96. The van der Waals surface area contributed by atoms with Crippen molar-refractivity contribution >= 4 is 43.5 Å². The molecule has 1 aromatic carbocycles. The molecule has 0 bridgehead atoms. The molecule has 0 atom stereocenters. The van der Waals surface area contributed by atoms with Gasteiger partial charge in [-0.3, -0.25) is 4.79 Å². The number of nitrogens with one attached hydrogen (secondary N) is 1.